The minimum atomic E-state index is 0.0731. The van der Waals surface area contributed by atoms with Gasteiger partial charge in [0.1, 0.15) is 0 Å². The third-order valence-electron chi connectivity index (χ3n) is 3.50. The van der Waals surface area contributed by atoms with E-state index < -0.39 is 0 Å². The minimum Gasteiger partial charge on any atom is -0.350 e. The van der Waals surface area contributed by atoms with Crippen molar-refractivity contribution in [2.75, 3.05) is 13.2 Å². The fourth-order valence-electron chi connectivity index (χ4n) is 2.43. The zero-order valence-corrected chi connectivity index (χ0v) is 9.87. The zero-order chi connectivity index (χ0) is 10.7. The summed E-state index contributed by atoms with van der Waals surface area (Å²) in [5.74, 6) is 1.60. The van der Waals surface area contributed by atoms with Crippen molar-refractivity contribution < 1.29 is 9.47 Å². The zero-order valence-electron chi connectivity index (χ0n) is 9.87. The molecule has 2 nitrogen and oxygen atoms in total. The Labute approximate surface area is 92.6 Å². The van der Waals surface area contributed by atoms with Crippen LogP contribution >= 0.6 is 0 Å². The second-order valence-electron chi connectivity index (χ2n) is 4.98. The van der Waals surface area contributed by atoms with Gasteiger partial charge in [0.25, 0.3) is 0 Å². The van der Waals surface area contributed by atoms with Gasteiger partial charge in [-0.2, -0.15) is 0 Å². The van der Waals surface area contributed by atoms with Gasteiger partial charge in [0, 0.05) is 6.42 Å². The van der Waals surface area contributed by atoms with Gasteiger partial charge >= 0.3 is 0 Å². The van der Waals surface area contributed by atoms with Gasteiger partial charge in [-0.3, -0.25) is 0 Å². The van der Waals surface area contributed by atoms with E-state index >= 15 is 0 Å². The molecule has 1 saturated heterocycles. The standard InChI is InChI=1S/C13H22O2/c1-10(2)12-5-3-11(9-12)4-6-13-14-7-8-15-13/h9-10,12-13H,3-8H2,1-2H3. The fourth-order valence-corrected chi connectivity index (χ4v) is 2.43. The van der Waals surface area contributed by atoms with Gasteiger partial charge in [0.2, 0.25) is 0 Å². The topological polar surface area (TPSA) is 18.5 Å². The van der Waals surface area contributed by atoms with Crippen LogP contribution in [-0.4, -0.2) is 19.5 Å². The molecule has 86 valence electrons. The largest absolute Gasteiger partial charge is 0.350 e. The molecule has 0 radical (unpaired) electrons. The molecule has 0 aromatic heterocycles. The molecule has 1 heterocycles. The van der Waals surface area contributed by atoms with E-state index in [0.717, 1.165) is 37.9 Å². The predicted molar refractivity (Wildman–Crippen MR) is 60.6 cm³/mol. The summed E-state index contributed by atoms with van der Waals surface area (Å²) in [6.07, 6.45) is 7.39. The smallest absolute Gasteiger partial charge is 0.158 e. The average Bonchev–Trinajstić information content (AvgIpc) is 2.86. The number of hydrogen-bond donors (Lipinski definition) is 0. The molecule has 0 aromatic rings. The molecule has 1 aliphatic heterocycles. The highest BCUT2D eigenvalue weighted by molar-refractivity contribution is 5.11. The normalized spacial score (nSPS) is 27.7. The number of rotatable bonds is 4. The summed E-state index contributed by atoms with van der Waals surface area (Å²) >= 11 is 0. The van der Waals surface area contributed by atoms with Crippen LogP contribution in [0.5, 0.6) is 0 Å². The van der Waals surface area contributed by atoms with E-state index in [1.807, 2.05) is 0 Å². The molecule has 15 heavy (non-hydrogen) atoms. The highest BCUT2D eigenvalue weighted by Gasteiger charge is 2.21. The summed E-state index contributed by atoms with van der Waals surface area (Å²) in [6.45, 7) is 6.18. The molecule has 0 amide bonds. The third kappa shape index (κ3) is 3.05. The minimum absolute atomic E-state index is 0.0731. The summed E-state index contributed by atoms with van der Waals surface area (Å²) in [5, 5.41) is 0. The van der Waals surface area contributed by atoms with Crippen LogP contribution in [-0.2, 0) is 9.47 Å². The monoisotopic (exact) mass is 210 g/mol. The second-order valence-corrected chi connectivity index (χ2v) is 4.98. The first kappa shape index (κ1) is 11.2. The van der Waals surface area contributed by atoms with Crippen LogP contribution in [0.4, 0.5) is 0 Å². The van der Waals surface area contributed by atoms with E-state index in [0.29, 0.717) is 0 Å². The van der Waals surface area contributed by atoms with Crippen LogP contribution in [0.3, 0.4) is 0 Å². The van der Waals surface area contributed by atoms with Crippen LogP contribution in [0, 0.1) is 11.8 Å². The fraction of sp³-hybridized carbons (Fsp3) is 0.846. The summed E-state index contributed by atoms with van der Waals surface area (Å²) in [7, 11) is 0. The molecule has 1 unspecified atom stereocenters. The highest BCUT2D eigenvalue weighted by atomic mass is 16.7. The molecular weight excluding hydrogens is 188 g/mol. The van der Waals surface area contributed by atoms with Crippen LogP contribution in [0.2, 0.25) is 0 Å². The van der Waals surface area contributed by atoms with Gasteiger partial charge in [-0.1, -0.05) is 25.5 Å². The lowest BCUT2D eigenvalue weighted by atomic mass is 9.96. The molecule has 1 atom stereocenters. The van der Waals surface area contributed by atoms with E-state index in [4.69, 9.17) is 9.47 Å². The average molecular weight is 210 g/mol. The first-order valence-corrected chi connectivity index (χ1v) is 6.18. The van der Waals surface area contributed by atoms with Gasteiger partial charge in [0.15, 0.2) is 6.29 Å². The first-order chi connectivity index (χ1) is 7.25. The maximum absolute atomic E-state index is 5.44. The molecular formula is C13H22O2. The van der Waals surface area contributed by atoms with E-state index in [1.165, 1.54) is 12.8 Å². The molecule has 0 spiro atoms. The quantitative estimate of drug-likeness (QED) is 0.664. The van der Waals surface area contributed by atoms with Crippen LogP contribution < -0.4 is 0 Å². The highest BCUT2D eigenvalue weighted by Crippen LogP contribution is 2.32. The lowest BCUT2D eigenvalue weighted by Crippen LogP contribution is -2.07. The molecule has 2 heteroatoms. The van der Waals surface area contributed by atoms with Crippen molar-refractivity contribution in [2.24, 2.45) is 11.8 Å². The second kappa shape index (κ2) is 5.13. The van der Waals surface area contributed by atoms with Crippen molar-refractivity contribution in [1.29, 1.82) is 0 Å². The number of hydrogen-bond acceptors (Lipinski definition) is 2. The van der Waals surface area contributed by atoms with Crippen molar-refractivity contribution in [1.82, 2.24) is 0 Å². The molecule has 2 rings (SSSR count). The van der Waals surface area contributed by atoms with Crippen LogP contribution in [0.25, 0.3) is 0 Å². The molecule has 0 bridgehead atoms. The Morgan fingerprint density at radius 1 is 1.33 bits per heavy atom. The van der Waals surface area contributed by atoms with E-state index in [-0.39, 0.29) is 6.29 Å². The van der Waals surface area contributed by atoms with Gasteiger partial charge in [-0.15, -0.1) is 0 Å². The van der Waals surface area contributed by atoms with E-state index in [2.05, 4.69) is 19.9 Å². The SMILES string of the molecule is CC(C)C1C=C(CCC2OCCO2)CC1. The Bertz CT molecular complexity index is 227. The van der Waals surface area contributed by atoms with E-state index in [1.54, 1.807) is 5.57 Å². The molecule has 1 fully saturated rings. The number of ether oxygens (including phenoxy) is 2. The van der Waals surface area contributed by atoms with Crippen LogP contribution in [0.15, 0.2) is 11.6 Å². The maximum atomic E-state index is 5.44. The van der Waals surface area contributed by atoms with Crippen molar-refractivity contribution in [3.05, 3.63) is 11.6 Å². The predicted octanol–water partition coefficient (Wildman–Crippen LogP) is 3.13. The Balaban J connectivity index is 1.73. The lowest BCUT2D eigenvalue weighted by molar-refractivity contribution is -0.0462. The summed E-state index contributed by atoms with van der Waals surface area (Å²) in [6, 6.07) is 0. The molecule has 0 aromatic carbocycles. The van der Waals surface area contributed by atoms with Crippen LogP contribution in [0.1, 0.15) is 39.5 Å². The van der Waals surface area contributed by atoms with Gasteiger partial charge in [-0.05, 0) is 31.1 Å². The third-order valence-corrected chi connectivity index (χ3v) is 3.50. The maximum Gasteiger partial charge on any atom is 0.158 e. The lowest BCUT2D eigenvalue weighted by Gasteiger charge is -2.10. The van der Waals surface area contributed by atoms with Gasteiger partial charge in [-0.25, -0.2) is 0 Å². The van der Waals surface area contributed by atoms with Crippen molar-refractivity contribution in [2.45, 2.75) is 45.8 Å². The summed E-state index contributed by atoms with van der Waals surface area (Å²) in [4.78, 5) is 0. The summed E-state index contributed by atoms with van der Waals surface area (Å²) in [5.41, 5.74) is 1.62. The molecule has 1 aliphatic carbocycles. The Kier molecular flexibility index (Phi) is 3.81. The Morgan fingerprint density at radius 3 is 2.67 bits per heavy atom. The molecule has 0 saturated carbocycles. The molecule has 2 aliphatic rings. The summed E-state index contributed by atoms with van der Waals surface area (Å²) < 4.78 is 10.9. The van der Waals surface area contributed by atoms with Crippen molar-refractivity contribution in [3.8, 4) is 0 Å². The first-order valence-electron chi connectivity index (χ1n) is 6.18. The van der Waals surface area contributed by atoms with E-state index in [9.17, 15) is 0 Å². The number of allylic oxidation sites excluding steroid dienone is 2. The van der Waals surface area contributed by atoms with Crippen molar-refractivity contribution in [3.63, 3.8) is 0 Å². The van der Waals surface area contributed by atoms with Crippen molar-refractivity contribution >= 4 is 0 Å². The molecule has 0 N–H and O–H groups in total. The van der Waals surface area contributed by atoms with Gasteiger partial charge < -0.3 is 9.47 Å². The Hall–Kier alpha value is -0.340. The Morgan fingerprint density at radius 2 is 2.07 bits per heavy atom. The van der Waals surface area contributed by atoms with Gasteiger partial charge in [0.05, 0.1) is 13.2 Å².